The van der Waals surface area contributed by atoms with Crippen LogP contribution in [-0.4, -0.2) is 61.2 Å². The fourth-order valence-corrected chi connectivity index (χ4v) is 4.85. The summed E-state index contributed by atoms with van der Waals surface area (Å²) < 4.78 is 5.78. The largest absolute Gasteiger partial charge is 0.492 e. The van der Waals surface area contributed by atoms with Crippen LogP contribution in [0.4, 0.5) is 10.5 Å². The molecule has 1 N–H and O–H groups in total. The third-order valence-corrected chi connectivity index (χ3v) is 6.82. The Hall–Kier alpha value is -3.58. The number of para-hydroxylation sites is 2. The maximum atomic E-state index is 13.4. The molecule has 2 fully saturated rings. The monoisotopic (exact) mass is 458 g/mol. The van der Waals surface area contributed by atoms with Gasteiger partial charge in [-0.2, -0.15) is 0 Å². The summed E-state index contributed by atoms with van der Waals surface area (Å²) >= 11 is 0. The summed E-state index contributed by atoms with van der Waals surface area (Å²) in [6.07, 6.45) is 0. The van der Waals surface area contributed by atoms with Crippen molar-refractivity contribution >= 4 is 28.4 Å². The zero-order valence-corrected chi connectivity index (χ0v) is 19.7. The average Bonchev–Trinajstić information content (AvgIpc) is 3.08. The van der Waals surface area contributed by atoms with E-state index in [1.165, 1.54) is 4.90 Å². The summed E-state index contributed by atoms with van der Waals surface area (Å²) in [6.45, 7) is 7.80. The van der Waals surface area contributed by atoms with Crippen molar-refractivity contribution in [2.75, 3.05) is 44.4 Å². The minimum absolute atomic E-state index is 0.211. The highest BCUT2D eigenvalue weighted by Gasteiger charge is 2.49. The second-order valence-electron chi connectivity index (χ2n) is 9.00. The van der Waals surface area contributed by atoms with Gasteiger partial charge < -0.3 is 15.0 Å². The van der Waals surface area contributed by atoms with E-state index in [0.29, 0.717) is 6.61 Å². The number of carbonyl (C=O) groups excluding carboxylic acids is 2. The third kappa shape index (κ3) is 3.96. The number of imide groups is 1. The van der Waals surface area contributed by atoms with E-state index < -0.39 is 5.54 Å². The van der Waals surface area contributed by atoms with Crippen LogP contribution >= 0.6 is 0 Å². The molecule has 1 atom stereocenters. The SMILES string of the molecule is CCOc1ccccc1N1CCN(CN2C(=O)N[C@](C)(c3ccc4ccccc4c3)C2=O)CC1. The number of anilines is 1. The quantitative estimate of drug-likeness (QED) is 0.570. The highest BCUT2D eigenvalue weighted by molar-refractivity contribution is 6.07. The standard InChI is InChI=1S/C27H30N4O3/c1-3-34-24-11-7-6-10-23(24)30-16-14-29(15-17-30)19-31-25(32)27(2,28-26(31)33)22-13-12-20-8-4-5-9-21(20)18-22/h4-13,18H,3,14-17,19H2,1-2H3,(H,28,33)/t27-/m1/s1. The number of piperazine rings is 1. The second kappa shape index (κ2) is 8.99. The maximum absolute atomic E-state index is 13.4. The summed E-state index contributed by atoms with van der Waals surface area (Å²) in [5.74, 6) is 0.676. The number of hydrogen-bond donors (Lipinski definition) is 1. The number of benzene rings is 3. The molecule has 0 aliphatic carbocycles. The van der Waals surface area contributed by atoms with E-state index in [-0.39, 0.29) is 18.6 Å². The van der Waals surface area contributed by atoms with Crippen LogP contribution < -0.4 is 15.0 Å². The molecule has 7 nitrogen and oxygen atoms in total. The van der Waals surface area contributed by atoms with Gasteiger partial charge in [-0.3, -0.25) is 9.69 Å². The predicted octanol–water partition coefficient (Wildman–Crippen LogP) is 3.79. The number of urea groups is 1. The minimum Gasteiger partial charge on any atom is -0.492 e. The van der Waals surface area contributed by atoms with Crippen LogP contribution in [0.1, 0.15) is 19.4 Å². The summed E-state index contributed by atoms with van der Waals surface area (Å²) in [5, 5.41) is 5.09. The van der Waals surface area contributed by atoms with Crippen molar-refractivity contribution in [2.45, 2.75) is 19.4 Å². The van der Waals surface area contributed by atoms with E-state index in [1.807, 2.05) is 67.6 Å². The molecule has 0 spiro atoms. The molecule has 2 saturated heterocycles. The first kappa shape index (κ1) is 22.2. The predicted molar refractivity (Wildman–Crippen MR) is 133 cm³/mol. The van der Waals surface area contributed by atoms with Crippen LogP contribution in [0.5, 0.6) is 5.75 Å². The van der Waals surface area contributed by atoms with Crippen LogP contribution in [-0.2, 0) is 10.3 Å². The van der Waals surface area contributed by atoms with Crippen molar-refractivity contribution < 1.29 is 14.3 Å². The first-order valence-electron chi connectivity index (χ1n) is 11.8. The van der Waals surface area contributed by atoms with Crippen molar-refractivity contribution in [3.8, 4) is 5.75 Å². The molecule has 5 rings (SSSR count). The van der Waals surface area contributed by atoms with Gasteiger partial charge in [0.05, 0.1) is 19.0 Å². The normalized spacial score (nSPS) is 21.2. The van der Waals surface area contributed by atoms with Crippen molar-refractivity contribution in [2.24, 2.45) is 0 Å². The second-order valence-corrected chi connectivity index (χ2v) is 9.00. The molecule has 2 aliphatic heterocycles. The van der Waals surface area contributed by atoms with Crippen LogP contribution in [0, 0.1) is 0 Å². The first-order valence-corrected chi connectivity index (χ1v) is 11.8. The molecule has 7 heteroatoms. The summed E-state index contributed by atoms with van der Waals surface area (Å²) in [7, 11) is 0. The number of ether oxygens (including phenoxy) is 1. The zero-order chi connectivity index (χ0) is 23.7. The molecule has 0 radical (unpaired) electrons. The lowest BCUT2D eigenvalue weighted by atomic mass is 9.90. The highest BCUT2D eigenvalue weighted by Crippen LogP contribution is 2.32. The third-order valence-electron chi connectivity index (χ3n) is 6.82. The lowest BCUT2D eigenvalue weighted by molar-refractivity contribution is -0.132. The van der Waals surface area contributed by atoms with E-state index >= 15 is 0 Å². The molecule has 0 bridgehead atoms. The van der Waals surface area contributed by atoms with E-state index in [2.05, 4.69) is 21.2 Å². The van der Waals surface area contributed by atoms with Gasteiger partial charge in [-0.25, -0.2) is 9.69 Å². The Balaban J connectivity index is 1.27. The minimum atomic E-state index is -1.07. The summed E-state index contributed by atoms with van der Waals surface area (Å²) in [6, 6.07) is 21.7. The van der Waals surface area contributed by atoms with Gasteiger partial charge >= 0.3 is 6.03 Å². The average molecular weight is 459 g/mol. The highest BCUT2D eigenvalue weighted by atomic mass is 16.5. The lowest BCUT2D eigenvalue weighted by Gasteiger charge is -2.37. The topological polar surface area (TPSA) is 65.1 Å². The molecule has 176 valence electrons. The van der Waals surface area contributed by atoms with Crippen LogP contribution in [0.3, 0.4) is 0 Å². The molecule has 3 amide bonds. The van der Waals surface area contributed by atoms with Gasteiger partial charge in [-0.1, -0.05) is 48.5 Å². The van der Waals surface area contributed by atoms with E-state index in [4.69, 9.17) is 4.74 Å². The number of rotatable bonds is 6. The van der Waals surface area contributed by atoms with Gasteiger partial charge in [0.1, 0.15) is 11.3 Å². The molecule has 0 aromatic heterocycles. The van der Waals surface area contributed by atoms with Gasteiger partial charge in [0, 0.05) is 26.2 Å². The molecular formula is C27H30N4O3. The van der Waals surface area contributed by atoms with Crippen LogP contribution in [0.15, 0.2) is 66.7 Å². The Bertz CT molecular complexity index is 1220. The van der Waals surface area contributed by atoms with E-state index in [1.54, 1.807) is 6.92 Å². The smallest absolute Gasteiger partial charge is 0.326 e. The molecule has 0 unspecified atom stereocenters. The lowest BCUT2D eigenvalue weighted by Crippen LogP contribution is -2.51. The van der Waals surface area contributed by atoms with Gasteiger partial charge in [0.15, 0.2) is 0 Å². The number of nitrogens with one attached hydrogen (secondary N) is 1. The fourth-order valence-electron chi connectivity index (χ4n) is 4.85. The summed E-state index contributed by atoms with van der Waals surface area (Å²) in [5.41, 5.74) is 0.812. The summed E-state index contributed by atoms with van der Waals surface area (Å²) in [4.78, 5) is 32.1. The molecule has 3 aromatic carbocycles. The number of nitrogens with zero attached hydrogens (tertiary/aromatic N) is 3. The van der Waals surface area contributed by atoms with E-state index in [9.17, 15) is 9.59 Å². The van der Waals surface area contributed by atoms with Crippen molar-refractivity contribution in [3.05, 3.63) is 72.3 Å². The first-order chi connectivity index (χ1) is 16.5. The van der Waals surface area contributed by atoms with Crippen molar-refractivity contribution in [1.82, 2.24) is 15.1 Å². The Morgan fingerprint density at radius 3 is 2.38 bits per heavy atom. The van der Waals surface area contributed by atoms with Gasteiger partial charge in [0.2, 0.25) is 0 Å². The van der Waals surface area contributed by atoms with Crippen LogP contribution in [0.2, 0.25) is 0 Å². The number of carbonyl (C=O) groups is 2. The van der Waals surface area contributed by atoms with Gasteiger partial charge in [-0.15, -0.1) is 0 Å². The Morgan fingerprint density at radius 2 is 1.62 bits per heavy atom. The number of fused-ring (bicyclic) bond motifs is 1. The molecule has 2 heterocycles. The fraction of sp³-hybridized carbons (Fsp3) is 0.333. The molecular weight excluding hydrogens is 428 g/mol. The molecule has 3 aromatic rings. The molecule has 2 aliphatic rings. The Morgan fingerprint density at radius 1 is 0.912 bits per heavy atom. The molecule has 34 heavy (non-hydrogen) atoms. The van der Waals surface area contributed by atoms with Crippen LogP contribution in [0.25, 0.3) is 10.8 Å². The number of hydrogen-bond acceptors (Lipinski definition) is 5. The maximum Gasteiger partial charge on any atom is 0.326 e. The van der Waals surface area contributed by atoms with E-state index in [0.717, 1.165) is 54.0 Å². The van der Waals surface area contributed by atoms with Gasteiger partial charge in [-0.05, 0) is 48.4 Å². The van der Waals surface area contributed by atoms with Crippen molar-refractivity contribution in [1.29, 1.82) is 0 Å². The zero-order valence-electron chi connectivity index (χ0n) is 19.7. The Kier molecular flexibility index (Phi) is 5.87. The Labute approximate surface area is 199 Å². The van der Waals surface area contributed by atoms with Gasteiger partial charge in [0.25, 0.3) is 5.91 Å². The molecule has 0 saturated carbocycles. The van der Waals surface area contributed by atoms with Crippen molar-refractivity contribution in [3.63, 3.8) is 0 Å². The number of amides is 3.